The minimum Gasteiger partial charge on any atom is -0.393 e. The number of thioether (sulfide) groups is 1. The first-order valence-electron chi connectivity index (χ1n) is 5.93. The van der Waals surface area contributed by atoms with Gasteiger partial charge in [-0.15, -0.1) is 0 Å². The van der Waals surface area contributed by atoms with Crippen LogP contribution in [0, 0.1) is 10.1 Å². The van der Waals surface area contributed by atoms with Crippen molar-refractivity contribution >= 4 is 28.8 Å². The zero-order valence-electron chi connectivity index (χ0n) is 10.5. The Hall–Kier alpha value is -1.43. The first kappa shape index (κ1) is 13.0. The van der Waals surface area contributed by atoms with Gasteiger partial charge in [-0.25, -0.2) is 0 Å². The molecule has 0 aromatic heterocycles. The van der Waals surface area contributed by atoms with E-state index in [4.69, 9.17) is 5.73 Å². The zero-order chi connectivity index (χ0) is 13.3. The van der Waals surface area contributed by atoms with E-state index in [1.807, 2.05) is 11.8 Å². The molecule has 1 aliphatic rings. The Balaban J connectivity index is 2.44. The third kappa shape index (κ3) is 2.25. The second kappa shape index (κ2) is 5.06. The van der Waals surface area contributed by atoms with E-state index >= 15 is 0 Å². The molecule has 1 aliphatic heterocycles. The number of nitrogens with zero attached hydrogens (tertiary/aromatic N) is 2. The summed E-state index contributed by atoms with van der Waals surface area (Å²) >= 11 is 1.90. The maximum atomic E-state index is 11.2. The molecule has 1 heterocycles. The van der Waals surface area contributed by atoms with Gasteiger partial charge >= 0.3 is 5.69 Å². The van der Waals surface area contributed by atoms with Gasteiger partial charge in [0.25, 0.3) is 0 Å². The Morgan fingerprint density at radius 3 is 2.89 bits per heavy atom. The number of hydrogen-bond acceptors (Lipinski definition) is 5. The summed E-state index contributed by atoms with van der Waals surface area (Å²) in [7, 11) is 0. The zero-order valence-corrected chi connectivity index (χ0v) is 11.3. The summed E-state index contributed by atoms with van der Waals surface area (Å²) in [5, 5.41) is 11.6. The molecule has 1 aromatic carbocycles. The van der Waals surface area contributed by atoms with Crippen molar-refractivity contribution in [2.75, 3.05) is 22.9 Å². The highest BCUT2D eigenvalue weighted by Gasteiger charge is 2.30. The molecule has 0 saturated carbocycles. The van der Waals surface area contributed by atoms with Crippen LogP contribution in [0.2, 0.25) is 0 Å². The summed E-state index contributed by atoms with van der Waals surface area (Å²) in [6, 6.07) is 5.41. The molecule has 6 heteroatoms. The molecule has 0 radical (unpaired) electrons. The molecule has 0 amide bonds. The van der Waals surface area contributed by atoms with Gasteiger partial charge in [-0.2, -0.15) is 11.8 Å². The van der Waals surface area contributed by atoms with E-state index in [9.17, 15) is 10.1 Å². The van der Waals surface area contributed by atoms with E-state index in [2.05, 4.69) is 18.7 Å². The lowest BCUT2D eigenvalue weighted by Gasteiger charge is -2.38. The van der Waals surface area contributed by atoms with Crippen LogP contribution < -0.4 is 10.6 Å². The van der Waals surface area contributed by atoms with Crippen LogP contribution >= 0.6 is 11.8 Å². The molecule has 18 heavy (non-hydrogen) atoms. The minimum absolute atomic E-state index is 0.0310. The fourth-order valence-electron chi connectivity index (χ4n) is 2.25. The van der Waals surface area contributed by atoms with Gasteiger partial charge in [0.2, 0.25) is 0 Å². The van der Waals surface area contributed by atoms with Gasteiger partial charge in [0, 0.05) is 23.6 Å². The summed E-state index contributed by atoms with van der Waals surface area (Å²) < 4.78 is 0. The summed E-state index contributed by atoms with van der Waals surface area (Å²) in [5.41, 5.74) is 6.64. The largest absolute Gasteiger partial charge is 0.393 e. The van der Waals surface area contributed by atoms with Gasteiger partial charge in [0.15, 0.2) is 0 Å². The number of nitro groups is 1. The fourth-order valence-corrected chi connectivity index (χ4v) is 3.35. The van der Waals surface area contributed by atoms with E-state index < -0.39 is 0 Å². The molecule has 1 fully saturated rings. The van der Waals surface area contributed by atoms with Gasteiger partial charge in [0.05, 0.1) is 4.92 Å². The van der Waals surface area contributed by atoms with Gasteiger partial charge < -0.3 is 10.6 Å². The molecule has 98 valence electrons. The molecule has 2 rings (SSSR count). The second-order valence-electron chi connectivity index (χ2n) is 4.48. The maximum Gasteiger partial charge on any atom is 0.315 e. The first-order valence-corrected chi connectivity index (χ1v) is 6.98. The van der Waals surface area contributed by atoms with Gasteiger partial charge in [0.1, 0.15) is 11.4 Å². The molecule has 0 aliphatic carbocycles. The standard InChI is InChI=1S/C12H17N3O2S/c1-8-9(2)18-7-6-14(8)11-5-3-4-10(13)12(11)15(16)17/h3-5,8-9H,6-7,13H2,1-2H3. The monoisotopic (exact) mass is 267 g/mol. The van der Waals surface area contributed by atoms with Crippen LogP contribution in [-0.4, -0.2) is 28.5 Å². The average Bonchev–Trinajstić information content (AvgIpc) is 2.32. The fraction of sp³-hybridized carbons (Fsp3) is 0.500. The summed E-state index contributed by atoms with van der Waals surface area (Å²) in [5.74, 6) is 0.984. The highest BCUT2D eigenvalue weighted by molar-refractivity contribution is 8.00. The maximum absolute atomic E-state index is 11.2. The number of nitrogen functional groups attached to an aromatic ring is 1. The lowest BCUT2D eigenvalue weighted by molar-refractivity contribution is -0.383. The number of rotatable bonds is 2. The van der Waals surface area contributed by atoms with Crippen LogP contribution in [-0.2, 0) is 0 Å². The van der Waals surface area contributed by atoms with E-state index in [1.165, 1.54) is 0 Å². The lowest BCUT2D eigenvalue weighted by Crippen LogP contribution is -2.45. The normalized spacial score (nSPS) is 24.0. The van der Waals surface area contributed by atoms with Crippen LogP contribution in [0.4, 0.5) is 17.1 Å². The molecule has 2 atom stereocenters. The van der Waals surface area contributed by atoms with E-state index in [-0.39, 0.29) is 22.3 Å². The second-order valence-corrected chi connectivity index (χ2v) is 5.97. The summed E-state index contributed by atoms with van der Waals surface area (Å²) in [4.78, 5) is 12.9. The van der Waals surface area contributed by atoms with Crippen molar-refractivity contribution in [2.24, 2.45) is 0 Å². The van der Waals surface area contributed by atoms with Crippen LogP contribution in [0.5, 0.6) is 0 Å². The Labute approximate surface area is 110 Å². The Bertz CT molecular complexity index is 467. The molecule has 0 spiro atoms. The Kier molecular flexibility index (Phi) is 3.65. The van der Waals surface area contributed by atoms with Crippen molar-refractivity contribution < 1.29 is 4.92 Å². The summed E-state index contributed by atoms with van der Waals surface area (Å²) in [6.07, 6.45) is 0. The van der Waals surface area contributed by atoms with E-state index in [1.54, 1.807) is 18.2 Å². The number of nitro benzene ring substituents is 1. The molecule has 2 unspecified atom stereocenters. The van der Waals surface area contributed by atoms with Crippen molar-refractivity contribution in [2.45, 2.75) is 25.1 Å². The van der Waals surface area contributed by atoms with Crippen LogP contribution in [0.1, 0.15) is 13.8 Å². The Morgan fingerprint density at radius 1 is 1.50 bits per heavy atom. The average molecular weight is 267 g/mol. The van der Waals surface area contributed by atoms with Crippen molar-refractivity contribution in [3.05, 3.63) is 28.3 Å². The smallest absolute Gasteiger partial charge is 0.315 e. The van der Waals surface area contributed by atoms with E-state index in [0.717, 1.165) is 12.3 Å². The van der Waals surface area contributed by atoms with Crippen molar-refractivity contribution in [3.8, 4) is 0 Å². The molecule has 5 nitrogen and oxygen atoms in total. The molecule has 0 bridgehead atoms. The predicted octanol–water partition coefficient (Wildman–Crippen LogP) is 2.51. The van der Waals surface area contributed by atoms with E-state index in [0.29, 0.717) is 10.9 Å². The van der Waals surface area contributed by atoms with Gasteiger partial charge in [-0.3, -0.25) is 10.1 Å². The van der Waals surface area contributed by atoms with Crippen LogP contribution in [0.25, 0.3) is 0 Å². The Morgan fingerprint density at radius 2 is 2.22 bits per heavy atom. The molecular formula is C12H17N3O2S. The lowest BCUT2D eigenvalue weighted by atomic mass is 10.1. The SMILES string of the molecule is CC1SCCN(c2cccc(N)c2[N+](=O)[O-])C1C. The topological polar surface area (TPSA) is 72.4 Å². The summed E-state index contributed by atoms with van der Waals surface area (Å²) in [6.45, 7) is 5.07. The highest BCUT2D eigenvalue weighted by atomic mass is 32.2. The van der Waals surface area contributed by atoms with Gasteiger partial charge in [-0.1, -0.05) is 13.0 Å². The molecule has 1 aromatic rings. The number of hydrogen-bond donors (Lipinski definition) is 1. The van der Waals surface area contributed by atoms with Gasteiger partial charge in [-0.05, 0) is 19.1 Å². The highest BCUT2D eigenvalue weighted by Crippen LogP contribution is 2.37. The van der Waals surface area contributed by atoms with Crippen LogP contribution in [0.3, 0.4) is 0 Å². The van der Waals surface area contributed by atoms with Crippen molar-refractivity contribution in [1.29, 1.82) is 0 Å². The molecule has 1 saturated heterocycles. The first-order chi connectivity index (χ1) is 8.52. The van der Waals surface area contributed by atoms with Crippen LogP contribution in [0.15, 0.2) is 18.2 Å². The number of benzene rings is 1. The quantitative estimate of drug-likeness (QED) is 0.506. The van der Waals surface area contributed by atoms with Crippen molar-refractivity contribution in [3.63, 3.8) is 0 Å². The number of anilines is 2. The minimum atomic E-state index is -0.385. The predicted molar refractivity (Wildman–Crippen MR) is 76.2 cm³/mol. The number of nitrogens with two attached hydrogens (primary N) is 1. The third-order valence-corrected chi connectivity index (χ3v) is 4.76. The molecule has 2 N–H and O–H groups in total. The third-order valence-electron chi connectivity index (χ3n) is 3.42. The molecular weight excluding hydrogens is 250 g/mol. The van der Waals surface area contributed by atoms with Crippen molar-refractivity contribution in [1.82, 2.24) is 0 Å². The number of para-hydroxylation sites is 1.